The van der Waals surface area contributed by atoms with Crippen molar-refractivity contribution < 1.29 is 14.6 Å². The highest BCUT2D eigenvalue weighted by molar-refractivity contribution is 5.69. The Balaban J connectivity index is 2.75. The fourth-order valence-corrected chi connectivity index (χ4v) is 2.14. The summed E-state index contributed by atoms with van der Waals surface area (Å²) in [4.78, 5) is 12.4. The Kier molecular flexibility index (Phi) is 5.16. The third kappa shape index (κ3) is 4.04. The molecule has 100 valence electrons. The average molecular weight is 251 g/mol. The van der Waals surface area contributed by atoms with Crippen LogP contribution in [-0.4, -0.2) is 43.2 Å². The van der Waals surface area contributed by atoms with E-state index in [2.05, 4.69) is 19.1 Å². The zero-order chi connectivity index (χ0) is 13.7. The smallest absolute Gasteiger partial charge is 0.317 e. The summed E-state index contributed by atoms with van der Waals surface area (Å²) in [6.45, 7) is 4.84. The zero-order valence-corrected chi connectivity index (χ0v) is 11.5. The molecule has 0 bridgehead atoms. The van der Waals surface area contributed by atoms with Crippen LogP contribution in [0.15, 0.2) is 12.1 Å². The van der Waals surface area contributed by atoms with Gasteiger partial charge in [0.2, 0.25) is 0 Å². The van der Waals surface area contributed by atoms with Gasteiger partial charge in [-0.05, 0) is 38.4 Å². The highest BCUT2D eigenvalue weighted by Crippen LogP contribution is 2.25. The summed E-state index contributed by atoms with van der Waals surface area (Å²) in [5.41, 5.74) is 3.45. The Labute approximate surface area is 108 Å². The van der Waals surface area contributed by atoms with Crippen molar-refractivity contribution in [3.63, 3.8) is 0 Å². The molecule has 0 aliphatic carbocycles. The zero-order valence-electron chi connectivity index (χ0n) is 11.5. The van der Waals surface area contributed by atoms with Gasteiger partial charge in [-0.1, -0.05) is 17.7 Å². The van der Waals surface area contributed by atoms with Crippen molar-refractivity contribution in [3.05, 3.63) is 28.8 Å². The third-order valence-corrected chi connectivity index (χ3v) is 2.87. The molecule has 0 saturated heterocycles. The van der Waals surface area contributed by atoms with Gasteiger partial charge in [-0.3, -0.25) is 9.69 Å². The van der Waals surface area contributed by atoms with E-state index >= 15 is 0 Å². The van der Waals surface area contributed by atoms with Gasteiger partial charge in [0, 0.05) is 6.54 Å². The summed E-state index contributed by atoms with van der Waals surface area (Å²) < 4.78 is 5.41. The van der Waals surface area contributed by atoms with Gasteiger partial charge in [-0.25, -0.2) is 0 Å². The fraction of sp³-hybridized carbons (Fsp3) is 0.500. The molecule has 1 rings (SSSR count). The highest BCUT2D eigenvalue weighted by atomic mass is 16.5. The van der Waals surface area contributed by atoms with Gasteiger partial charge < -0.3 is 9.84 Å². The molecule has 0 radical (unpaired) electrons. The van der Waals surface area contributed by atoms with Gasteiger partial charge >= 0.3 is 5.97 Å². The second kappa shape index (κ2) is 6.40. The summed E-state index contributed by atoms with van der Waals surface area (Å²) in [6.07, 6.45) is 0.787. The van der Waals surface area contributed by atoms with Crippen molar-refractivity contribution in [2.75, 3.05) is 27.2 Å². The van der Waals surface area contributed by atoms with Crippen LogP contribution in [-0.2, 0) is 11.2 Å². The van der Waals surface area contributed by atoms with E-state index in [1.165, 1.54) is 5.56 Å². The minimum atomic E-state index is -0.801. The van der Waals surface area contributed by atoms with Crippen molar-refractivity contribution in [1.29, 1.82) is 0 Å². The number of carboxylic acid groups (broad SMARTS) is 1. The molecule has 18 heavy (non-hydrogen) atoms. The standard InChI is InChI=1S/C14H21NO3/c1-10-7-11(2)14(18-4)12(8-10)5-6-15(3)9-13(16)17/h7-8H,5-6,9H2,1-4H3,(H,16,17). The predicted molar refractivity (Wildman–Crippen MR) is 71.3 cm³/mol. The van der Waals surface area contributed by atoms with Crippen LogP contribution in [0.3, 0.4) is 0 Å². The number of aryl methyl sites for hydroxylation is 2. The number of carbonyl (C=O) groups is 1. The van der Waals surface area contributed by atoms with Crippen LogP contribution in [0.4, 0.5) is 0 Å². The molecule has 0 aliphatic rings. The molecule has 1 N–H and O–H groups in total. The molecule has 0 atom stereocenters. The van der Waals surface area contributed by atoms with E-state index < -0.39 is 5.97 Å². The van der Waals surface area contributed by atoms with E-state index in [9.17, 15) is 4.79 Å². The molecule has 0 heterocycles. The van der Waals surface area contributed by atoms with Crippen molar-refractivity contribution in [3.8, 4) is 5.75 Å². The largest absolute Gasteiger partial charge is 0.496 e. The van der Waals surface area contributed by atoms with Crippen LogP contribution >= 0.6 is 0 Å². The maximum atomic E-state index is 10.6. The molecule has 0 fully saturated rings. The Bertz CT molecular complexity index is 429. The number of benzene rings is 1. The molecule has 0 aromatic heterocycles. The summed E-state index contributed by atoms with van der Waals surface area (Å²) in [5, 5.41) is 8.70. The minimum Gasteiger partial charge on any atom is -0.496 e. The van der Waals surface area contributed by atoms with Gasteiger partial charge in [-0.2, -0.15) is 0 Å². The molecule has 1 aromatic carbocycles. The third-order valence-electron chi connectivity index (χ3n) is 2.87. The quantitative estimate of drug-likeness (QED) is 0.838. The van der Waals surface area contributed by atoms with Gasteiger partial charge in [0.15, 0.2) is 0 Å². The van der Waals surface area contributed by atoms with Gasteiger partial charge in [-0.15, -0.1) is 0 Å². The van der Waals surface area contributed by atoms with Crippen LogP contribution in [0.2, 0.25) is 0 Å². The van der Waals surface area contributed by atoms with Crippen LogP contribution < -0.4 is 4.74 Å². The van der Waals surface area contributed by atoms with Crippen molar-refractivity contribution in [2.45, 2.75) is 20.3 Å². The lowest BCUT2D eigenvalue weighted by Crippen LogP contribution is -2.27. The SMILES string of the molecule is COc1c(C)cc(C)cc1CCN(C)CC(=O)O. The lowest BCUT2D eigenvalue weighted by atomic mass is 10.0. The first-order valence-electron chi connectivity index (χ1n) is 5.98. The first kappa shape index (κ1) is 14.5. The first-order chi connectivity index (χ1) is 8.43. The maximum Gasteiger partial charge on any atom is 0.317 e. The predicted octanol–water partition coefficient (Wildman–Crippen LogP) is 1.87. The summed E-state index contributed by atoms with van der Waals surface area (Å²) >= 11 is 0. The molecule has 1 aromatic rings. The number of likely N-dealkylation sites (N-methyl/N-ethyl adjacent to an activating group) is 1. The molecule has 0 aliphatic heterocycles. The van der Waals surface area contributed by atoms with Crippen molar-refractivity contribution in [1.82, 2.24) is 4.90 Å². The molecule has 0 amide bonds. The van der Waals surface area contributed by atoms with Gasteiger partial charge in [0.25, 0.3) is 0 Å². The highest BCUT2D eigenvalue weighted by Gasteiger charge is 2.10. The van der Waals surface area contributed by atoms with Crippen LogP contribution in [0.25, 0.3) is 0 Å². The van der Waals surface area contributed by atoms with Crippen LogP contribution in [0, 0.1) is 13.8 Å². The van der Waals surface area contributed by atoms with Crippen LogP contribution in [0.1, 0.15) is 16.7 Å². The Morgan fingerprint density at radius 3 is 2.61 bits per heavy atom. The number of aliphatic carboxylic acids is 1. The molecule has 0 spiro atoms. The number of carboxylic acids is 1. The monoisotopic (exact) mass is 251 g/mol. The molecule has 4 heteroatoms. The second-order valence-electron chi connectivity index (χ2n) is 4.66. The normalized spacial score (nSPS) is 10.7. The molecule has 4 nitrogen and oxygen atoms in total. The lowest BCUT2D eigenvalue weighted by molar-refractivity contribution is -0.137. The number of rotatable bonds is 6. The fourth-order valence-electron chi connectivity index (χ4n) is 2.14. The molecular weight excluding hydrogens is 230 g/mol. The second-order valence-corrected chi connectivity index (χ2v) is 4.66. The van der Waals surface area contributed by atoms with E-state index in [4.69, 9.17) is 9.84 Å². The summed E-state index contributed by atoms with van der Waals surface area (Å²) in [7, 11) is 3.48. The Morgan fingerprint density at radius 2 is 2.06 bits per heavy atom. The Hall–Kier alpha value is -1.55. The Morgan fingerprint density at radius 1 is 1.39 bits per heavy atom. The van der Waals surface area contributed by atoms with Crippen molar-refractivity contribution in [2.24, 2.45) is 0 Å². The maximum absolute atomic E-state index is 10.6. The number of nitrogens with zero attached hydrogens (tertiary/aromatic N) is 1. The average Bonchev–Trinajstić information content (AvgIpc) is 2.24. The molecular formula is C14H21NO3. The van der Waals surface area contributed by atoms with Gasteiger partial charge in [0.1, 0.15) is 5.75 Å². The number of hydrogen-bond donors (Lipinski definition) is 1. The summed E-state index contributed by atoms with van der Waals surface area (Å²) in [6, 6.07) is 4.18. The van der Waals surface area contributed by atoms with Crippen LogP contribution in [0.5, 0.6) is 5.75 Å². The molecule has 0 unspecified atom stereocenters. The van der Waals surface area contributed by atoms with E-state index in [1.54, 1.807) is 12.0 Å². The minimum absolute atomic E-state index is 0.0626. The lowest BCUT2D eigenvalue weighted by Gasteiger charge is -2.17. The first-order valence-corrected chi connectivity index (χ1v) is 5.98. The topological polar surface area (TPSA) is 49.8 Å². The van der Waals surface area contributed by atoms with E-state index in [1.807, 2.05) is 14.0 Å². The summed E-state index contributed by atoms with van der Waals surface area (Å²) in [5.74, 6) is 0.106. The number of methoxy groups -OCH3 is 1. The number of hydrogen-bond acceptors (Lipinski definition) is 3. The van der Waals surface area contributed by atoms with Crippen molar-refractivity contribution >= 4 is 5.97 Å². The number of ether oxygens (including phenoxy) is 1. The van der Waals surface area contributed by atoms with E-state index in [-0.39, 0.29) is 6.54 Å². The van der Waals surface area contributed by atoms with E-state index in [0.29, 0.717) is 6.54 Å². The van der Waals surface area contributed by atoms with Gasteiger partial charge in [0.05, 0.1) is 13.7 Å². The van der Waals surface area contributed by atoms with E-state index in [0.717, 1.165) is 23.3 Å². The molecule has 0 saturated carbocycles.